The van der Waals surface area contributed by atoms with E-state index in [1.165, 1.54) is 0 Å². The van der Waals surface area contributed by atoms with Gasteiger partial charge in [-0.05, 0) is 32.6 Å². The molecule has 0 aliphatic rings. The Morgan fingerprint density at radius 3 is 2.43 bits per heavy atom. The zero-order valence-electron chi connectivity index (χ0n) is 9.24. The Hall–Kier alpha value is -0.120. The summed E-state index contributed by atoms with van der Waals surface area (Å²) in [6.45, 7) is 3.81. The van der Waals surface area contributed by atoms with E-state index < -0.39 is 0 Å². The van der Waals surface area contributed by atoms with Gasteiger partial charge in [-0.3, -0.25) is 0 Å². The molecule has 0 aromatic carbocycles. The Morgan fingerprint density at radius 2 is 1.79 bits per heavy atom. The fourth-order valence-electron chi connectivity index (χ4n) is 1.38. The molecule has 0 aromatic rings. The van der Waals surface area contributed by atoms with Crippen LogP contribution >= 0.6 is 0 Å². The van der Waals surface area contributed by atoms with Crippen LogP contribution in [0, 0.1) is 0 Å². The lowest BCUT2D eigenvalue weighted by Gasteiger charge is -2.08. The van der Waals surface area contributed by atoms with Gasteiger partial charge in [0.25, 0.3) is 0 Å². The standard InChI is InChI=1S/C11H24O3/c1-2-14-10-5-3-4-7-11(13)8-6-9-12/h11-13H,2-10H2,1H3. The number of unbranched alkanes of at least 4 members (excludes halogenated alkanes) is 2. The van der Waals surface area contributed by atoms with E-state index in [2.05, 4.69) is 0 Å². The van der Waals surface area contributed by atoms with E-state index in [1.54, 1.807) is 0 Å². The molecule has 0 amide bonds. The summed E-state index contributed by atoms with van der Waals surface area (Å²) in [5, 5.41) is 18.0. The first-order valence-corrected chi connectivity index (χ1v) is 5.68. The molecule has 0 saturated carbocycles. The second kappa shape index (κ2) is 11.0. The van der Waals surface area contributed by atoms with Gasteiger partial charge in [0.2, 0.25) is 0 Å². The van der Waals surface area contributed by atoms with E-state index in [-0.39, 0.29) is 12.7 Å². The van der Waals surface area contributed by atoms with Crippen LogP contribution in [-0.4, -0.2) is 36.1 Å². The third-order valence-corrected chi connectivity index (χ3v) is 2.23. The highest BCUT2D eigenvalue weighted by Gasteiger charge is 2.02. The molecule has 0 aromatic heterocycles. The molecule has 0 aliphatic carbocycles. The molecule has 0 spiro atoms. The second-order valence-corrected chi connectivity index (χ2v) is 3.57. The van der Waals surface area contributed by atoms with Crippen LogP contribution in [-0.2, 0) is 4.74 Å². The van der Waals surface area contributed by atoms with Crippen LogP contribution in [0.5, 0.6) is 0 Å². The molecule has 0 saturated heterocycles. The summed E-state index contributed by atoms with van der Waals surface area (Å²) in [4.78, 5) is 0. The van der Waals surface area contributed by atoms with E-state index in [9.17, 15) is 5.11 Å². The summed E-state index contributed by atoms with van der Waals surface area (Å²) >= 11 is 0. The minimum atomic E-state index is -0.228. The summed E-state index contributed by atoms with van der Waals surface area (Å²) in [7, 11) is 0. The molecule has 0 heterocycles. The molecule has 1 atom stereocenters. The van der Waals surface area contributed by atoms with Gasteiger partial charge in [-0.1, -0.05) is 12.8 Å². The van der Waals surface area contributed by atoms with Crippen molar-refractivity contribution in [1.29, 1.82) is 0 Å². The van der Waals surface area contributed by atoms with Crippen molar-refractivity contribution in [2.24, 2.45) is 0 Å². The van der Waals surface area contributed by atoms with E-state index in [0.29, 0.717) is 6.42 Å². The van der Waals surface area contributed by atoms with Crippen molar-refractivity contribution in [3.8, 4) is 0 Å². The molecule has 0 aliphatic heterocycles. The largest absolute Gasteiger partial charge is 0.396 e. The predicted molar refractivity (Wildman–Crippen MR) is 57.3 cm³/mol. The number of ether oxygens (including phenoxy) is 1. The Kier molecular flexibility index (Phi) is 10.9. The van der Waals surface area contributed by atoms with E-state index >= 15 is 0 Å². The van der Waals surface area contributed by atoms with Crippen LogP contribution in [0.25, 0.3) is 0 Å². The SMILES string of the molecule is CCOCCCCCC(O)CCCO. The van der Waals surface area contributed by atoms with Gasteiger partial charge >= 0.3 is 0 Å². The molecule has 0 fully saturated rings. The third-order valence-electron chi connectivity index (χ3n) is 2.23. The Balaban J connectivity index is 3.02. The number of aliphatic hydroxyl groups is 2. The lowest BCUT2D eigenvalue weighted by Crippen LogP contribution is -2.07. The monoisotopic (exact) mass is 204 g/mol. The zero-order valence-corrected chi connectivity index (χ0v) is 9.24. The van der Waals surface area contributed by atoms with E-state index in [0.717, 1.165) is 45.3 Å². The minimum absolute atomic E-state index is 0.182. The third kappa shape index (κ3) is 9.96. The number of hydrogen-bond donors (Lipinski definition) is 2. The highest BCUT2D eigenvalue weighted by atomic mass is 16.5. The van der Waals surface area contributed by atoms with Crippen LogP contribution in [0.1, 0.15) is 45.4 Å². The van der Waals surface area contributed by atoms with Crippen LogP contribution in [0.2, 0.25) is 0 Å². The maximum Gasteiger partial charge on any atom is 0.0541 e. The smallest absolute Gasteiger partial charge is 0.0541 e. The highest BCUT2D eigenvalue weighted by Crippen LogP contribution is 2.08. The van der Waals surface area contributed by atoms with Crippen molar-refractivity contribution in [3.63, 3.8) is 0 Å². The lowest BCUT2D eigenvalue weighted by atomic mass is 10.1. The van der Waals surface area contributed by atoms with Gasteiger partial charge in [0.15, 0.2) is 0 Å². The Morgan fingerprint density at radius 1 is 1.07 bits per heavy atom. The van der Waals surface area contributed by atoms with Crippen LogP contribution < -0.4 is 0 Å². The van der Waals surface area contributed by atoms with Gasteiger partial charge in [-0.15, -0.1) is 0 Å². The maximum absolute atomic E-state index is 9.44. The quantitative estimate of drug-likeness (QED) is 0.533. The number of rotatable bonds is 10. The predicted octanol–water partition coefficient (Wildman–Crippen LogP) is 1.72. The summed E-state index contributed by atoms with van der Waals surface area (Å²) in [6.07, 6.45) is 5.32. The average molecular weight is 204 g/mol. The van der Waals surface area contributed by atoms with Gasteiger partial charge in [0, 0.05) is 19.8 Å². The van der Waals surface area contributed by atoms with Gasteiger partial charge in [0.05, 0.1) is 6.10 Å². The first-order valence-electron chi connectivity index (χ1n) is 5.68. The Bertz CT molecular complexity index is 107. The molecule has 86 valence electrons. The first kappa shape index (κ1) is 13.9. The molecule has 14 heavy (non-hydrogen) atoms. The van der Waals surface area contributed by atoms with Crippen LogP contribution in [0.4, 0.5) is 0 Å². The molecule has 0 radical (unpaired) electrons. The molecule has 3 nitrogen and oxygen atoms in total. The van der Waals surface area contributed by atoms with Gasteiger partial charge in [0.1, 0.15) is 0 Å². The van der Waals surface area contributed by atoms with Gasteiger partial charge in [-0.25, -0.2) is 0 Å². The molecule has 3 heteroatoms. The van der Waals surface area contributed by atoms with Crippen molar-refractivity contribution in [2.75, 3.05) is 19.8 Å². The van der Waals surface area contributed by atoms with Crippen molar-refractivity contribution in [3.05, 3.63) is 0 Å². The van der Waals surface area contributed by atoms with E-state index in [4.69, 9.17) is 9.84 Å². The average Bonchev–Trinajstić information content (AvgIpc) is 2.20. The normalized spacial score (nSPS) is 13.1. The molecule has 2 N–H and O–H groups in total. The fraction of sp³-hybridized carbons (Fsp3) is 1.00. The lowest BCUT2D eigenvalue weighted by molar-refractivity contribution is 0.128. The minimum Gasteiger partial charge on any atom is -0.396 e. The summed E-state index contributed by atoms with van der Waals surface area (Å²) < 4.78 is 5.21. The molecule has 0 rings (SSSR count). The van der Waals surface area contributed by atoms with Crippen molar-refractivity contribution in [2.45, 2.75) is 51.6 Å². The molecule has 1 unspecified atom stereocenters. The van der Waals surface area contributed by atoms with Crippen molar-refractivity contribution >= 4 is 0 Å². The van der Waals surface area contributed by atoms with E-state index in [1.807, 2.05) is 6.92 Å². The van der Waals surface area contributed by atoms with Crippen molar-refractivity contribution < 1.29 is 14.9 Å². The summed E-state index contributed by atoms with van der Waals surface area (Å²) in [6, 6.07) is 0. The zero-order chi connectivity index (χ0) is 10.6. The Labute approximate surface area is 87.1 Å². The molecule has 0 bridgehead atoms. The first-order chi connectivity index (χ1) is 6.81. The number of hydrogen-bond acceptors (Lipinski definition) is 3. The van der Waals surface area contributed by atoms with Gasteiger partial charge in [-0.2, -0.15) is 0 Å². The maximum atomic E-state index is 9.44. The second-order valence-electron chi connectivity index (χ2n) is 3.57. The highest BCUT2D eigenvalue weighted by molar-refractivity contribution is 4.55. The number of aliphatic hydroxyl groups excluding tert-OH is 2. The van der Waals surface area contributed by atoms with Gasteiger partial charge < -0.3 is 14.9 Å². The van der Waals surface area contributed by atoms with Crippen molar-refractivity contribution in [1.82, 2.24) is 0 Å². The molecular formula is C11H24O3. The summed E-state index contributed by atoms with van der Waals surface area (Å²) in [5.41, 5.74) is 0. The summed E-state index contributed by atoms with van der Waals surface area (Å²) in [5.74, 6) is 0. The molecular weight excluding hydrogens is 180 g/mol. The topological polar surface area (TPSA) is 49.7 Å². The van der Waals surface area contributed by atoms with Crippen LogP contribution in [0.15, 0.2) is 0 Å². The van der Waals surface area contributed by atoms with Crippen LogP contribution in [0.3, 0.4) is 0 Å². The fourth-order valence-corrected chi connectivity index (χ4v) is 1.38.